The monoisotopic (exact) mass is 150 g/mol. The molecule has 0 saturated heterocycles. The lowest BCUT2D eigenvalue weighted by molar-refractivity contribution is 0.520. The lowest BCUT2D eigenvalue weighted by atomic mass is 9.92. The summed E-state index contributed by atoms with van der Waals surface area (Å²) in [6, 6.07) is 0. The zero-order valence-corrected chi connectivity index (χ0v) is 7.64. The highest BCUT2D eigenvalue weighted by Gasteiger charge is 2.30. The fraction of sp³-hybridized carbons (Fsp3) is 0.636. The molecule has 0 N–H and O–H groups in total. The van der Waals surface area contributed by atoms with Crippen LogP contribution in [0.25, 0.3) is 0 Å². The molecule has 0 heterocycles. The van der Waals surface area contributed by atoms with Crippen LogP contribution in [0.3, 0.4) is 0 Å². The quantitative estimate of drug-likeness (QED) is 0.537. The van der Waals surface area contributed by atoms with Gasteiger partial charge >= 0.3 is 0 Å². The van der Waals surface area contributed by atoms with Gasteiger partial charge in [0.15, 0.2) is 0 Å². The van der Waals surface area contributed by atoms with Crippen LogP contribution in [0.15, 0.2) is 24.3 Å². The fourth-order valence-corrected chi connectivity index (χ4v) is 1.84. The molecule has 0 aromatic carbocycles. The van der Waals surface area contributed by atoms with Crippen LogP contribution < -0.4 is 0 Å². The molecular weight excluding hydrogens is 132 g/mol. The Kier molecular flexibility index (Phi) is 2.92. The first-order chi connectivity index (χ1) is 5.29. The second-order valence-electron chi connectivity index (χ2n) is 3.50. The maximum Gasteiger partial charge on any atom is -0.0177 e. The van der Waals surface area contributed by atoms with Crippen molar-refractivity contribution in [2.75, 3.05) is 0 Å². The first kappa shape index (κ1) is 8.58. The first-order valence-corrected chi connectivity index (χ1v) is 4.58. The average molecular weight is 150 g/mol. The molecule has 1 atom stereocenters. The van der Waals surface area contributed by atoms with Gasteiger partial charge < -0.3 is 0 Å². The van der Waals surface area contributed by atoms with E-state index in [2.05, 4.69) is 26.5 Å². The van der Waals surface area contributed by atoms with Gasteiger partial charge in [-0.1, -0.05) is 31.2 Å². The van der Waals surface area contributed by atoms with Crippen LogP contribution in [-0.4, -0.2) is 0 Å². The summed E-state index contributed by atoms with van der Waals surface area (Å²) >= 11 is 0. The van der Waals surface area contributed by atoms with Crippen molar-refractivity contribution < 1.29 is 0 Å². The van der Waals surface area contributed by atoms with Crippen molar-refractivity contribution in [3.63, 3.8) is 0 Å². The van der Waals surface area contributed by atoms with Crippen molar-refractivity contribution in [3.05, 3.63) is 24.3 Å². The highest BCUT2D eigenvalue weighted by molar-refractivity contribution is 5.13. The number of allylic oxidation sites excluding steroid dienone is 3. The van der Waals surface area contributed by atoms with Crippen LogP contribution in [0.2, 0.25) is 0 Å². The Hall–Kier alpha value is -0.520. The van der Waals surface area contributed by atoms with Gasteiger partial charge in [-0.3, -0.25) is 0 Å². The standard InChI is InChI=1S/C11H18/c1-4-6-9(3)11(5-2)10-7-8-10/h4,6,10-11H,1,5,7-8H2,2-3H3. The van der Waals surface area contributed by atoms with Crippen LogP contribution in [0.1, 0.15) is 33.1 Å². The Labute approximate surface area is 70.0 Å². The second-order valence-corrected chi connectivity index (χ2v) is 3.50. The number of rotatable bonds is 4. The molecule has 0 spiro atoms. The Morgan fingerprint density at radius 3 is 2.64 bits per heavy atom. The zero-order valence-electron chi connectivity index (χ0n) is 7.64. The van der Waals surface area contributed by atoms with E-state index in [0.717, 1.165) is 11.8 Å². The zero-order chi connectivity index (χ0) is 8.27. The van der Waals surface area contributed by atoms with E-state index in [4.69, 9.17) is 0 Å². The highest BCUT2D eigenvalue weighted by atomic mass is 14.3. The van der Waals surface area contributed by atoms with Crippen molar-refractivity contribution in [3.8, 4) is 0 Å². The van der Waals surface area contributed by atoms with Gasteiger partial charge in [-0.25, -0.2) is 0 Å². The van der Waals surface area contributed by atoms with Crippen LogP contribution in [0, 0.1) is 11.8 Å². The van der Waals surface area contributed by atoms with Gasteiger partial charge in [0.05, 0.1) is 0 Å². The third-order valence-electron chi connectivity index (χ3n) is 2.60. The van der Waals surface area contributed by atoms with Gasteiger partial charge in [-0.05, 0) is 38.0 Å². The topological polar surface area (TPSA) is 0 Å². The van der Waals surface area contributed by atoms with Gasteiger partial charge in [0.2, 0.25) is 0 Å². The molecule has 1 rings (SSSR count). The molecule has 0 aromatic rings. The molecule has 0 nitrogen and oxygen atoms in total. The fourth-order valence-electron chi connectivity index (χ4n) is 1.84. The van der Waals surface area contributed by atoms with E-state index >= 15 is 0 Å². The maximum absolute atomic E-state index is 3.72. The molecule has 0 heteroatoms. The van der Waals surface area contributed by atoms with Crippen molar-refractivity contribution in [1.29, 1.82) is 0 Å². The van der Waals surface area contributed by atoms with Gasteiger partial charge in [-0.15, -0.1) is 0 Å². The Balaban J connectivity index is 2.52. The number of hydrogen-bond acceptors (Lipinski definition) is 0. The molecule has 1 aliphatic carbocycles. The van der Waals surface area contributed by atoms with E-state index in [1.165, 1.54) is 24.8 Å². The van der Waals surface area contributed by atoms with Gasteiger partial charge in [-0.2, -0.15) is 0 Å². The van der Waals surface area contributed by atoms with Crippen LogP contribution in [0.5, 0.6) is 0 Å². The molecule has 0 radical (unpaired) electrons. The van der Waals surface area contributed by atoms with E-state index in [9.17, 15) is 0 Å². The molecule has 0 aromatic heterocycles. The molecule has 1 fully saturated rings. The van der Waals surface area contributed by atoms with Crippen molar-refractivity contribution in [2.45, 2.75) is 33.1 Å². The van der Waals surface area contributed by atoms with E-state index in [1.54, 1.807) is 0 Å². The van der Waals surface area contributed by atoms with Crippen molar-refractivity contribution in [2.24, 2.45) is 11.8 Å². The summed E-state index contributed by atoms with van der Waals surface area (Å²) in [5.74, 6) is 1.84. The average Bonchev–Trinajstić information content (AvgIpc) is 2.73. The summed E-state index contributed by atoms with van der Waals surface area (Å²) in [6.07, 6.45) is 8.25. The Morgan fingerprint density at radius 2 is 2.27 bits per heavy atom. The van der Waals surface area contributed by atoms with Crippen molar-refractivity contribution in [1.82, 2.24) is 0 Å². The summed E-state index contributed by atoms with van der Waals surface area (Å²) in [7, 11) is 0. The number of hydrogen-bond donors (Lipinski definition) is 0. The first-order valence-electron chi connectivity index (χ1n) is 4.58. The minimum atomic E-state index is 0.841. The van der Waals surface area contributed by atoms with Gasteiger partial charge in [0.1, 0.15) is 0 Å². The van der Waals surface area contributed by atoms with Crippen LogP contribution in [-0.2, 0) is 0 Å². The molecule has 1 unspecified atom stereocenters. The predicted octanol–water partition coefficient (Wildman–Crippen LogP) is 3.55. The van der Waals surface area contributed by atoms with E-state index in [1.807, 2.05) is 6.08 Å². The minimum absolute atomic E-state index is 0.841. The molecule has 1 saturated carbocycles. The van der Waals surface area contributed by atoms with E-state index < -0.39 is 0 Å². The van der Waals surface area contributed by atoms with Crippen molar-refractivity contribution >= 4 is 0 Å². The second kappa shape index (κ2) is 3.75. The highest BCUT2D eigenvalue weighted by Crippen LogP contribution is 2.41. The summed E-state index contributed by atoms with van der Waals surface area (Å²) < 4.78 is 0. The lowest BCUT2D eigenvalue weighted by Crippen LogP contribution is -2.02. The smallest absolute Gasteiger partial charge is 0.0177 e. The SMILES string of the molecule is C=CC=C(C)C(CC)C1CC1. The van der Waals surface area contributed by atoms with E-state index in [-0.39, 0.29) is 0 Å². The van der Waals surface area contributed by atoms with Gasteiger partial charge in [0.25, 0.3) is 0 Å². The molecule has 0 bridgehead atoms. The molecule has 0 aliphatic heterocycles. The molecule has 1 aliphatic rings. The third kappa shape index (κ3) is 2.21. The largest absolute Gasteiger partial charge is 0.0991 e. The normalized spacial score (nSPS) is 21.5. The summed E-state index contributed by atoms with van der Waals surface area (Å²) in [4.78, 5) is 0. The molecule has 62 valence electrons. The minimum Gasteiger partial charge on any atom is -0.0991 e. The summed E-state index contributed by atoms with van der Waals surface area (Å²) in [5, 5.41) is 0. The molecule has 11 heavy (non-hydrogen) atoms. The van der Waals surface area contributed by atoms with E-state index in [0.29, 0.717) is 0 Å². The third-order valence-corrected chi connectivity index (χ3v) is 2.60. The predicted molar refractivity (Wildman–Crippen MR) is 50.5 cm³/mol. The lowest BCUT2D eigenvalue weighted by Gasteiger charge is -2.13. The Morgan fingerprint density at radius 1 is 1.64 bits per heavy atom. The van der Waals surface area contributed by atoms with Crippen LogP contribution in [0.4, 0.5) is 0 Å². The summed E-state index contributed by atoms with van der Waals surface area (Å²) in [6.45, 7) is 8.23. The summed E-state index contributed by atoms with van der Waals surface area (Å²) in [5.41, 5.74) is 1.52. The maximum atomic E-state index is 3.72. The molecule has 0 amide bonds. The van der Waals surface area contributed by atoms with Gasteiger partial charge in [0, 0.05) is 0 Å². The Bertz CT molecular complexity index is 161. The molecular formula is C11H18. The van der Waals surface area contributed by atoms with Crippen LogP contribution >= 0.6 is 0 Å².